The summed E-state index contributed by atoms with van der Waals surface area (Å²) in [5, 5.41) is 17.4. The summed E-state index contributed by atoms with van der Waals surface area (Å²) in [7, 11) is 1.61. The third-order valence-corrected chi connectivity index (χ3v) is 4.83. The number of urea groups is 1. The lowest BCUT2D eigenvalue weighted by molar-refractivity contribution is -0.605. The first-order chi connectivity index (χ1) is 13.1. The van der Waals surface area contributed by atoms with Gasteiger partial charge in [-0.15, -0.1) is 0 Å². The number of nitrogens with zero attached hydrogens (tertiary/aromatic N) is 2. The van der Waals surface area contributed by atoms with Crippen molar-refractivity contribution >= 4 is 22.5 Å². The zero-order valence-corrected chi connectivity index (χ0v) is 15.9. The number of thiazole rings is 1. The standard InChI is InChI=1S/C19H20N4O3S/c1-3-10-20-18(24)22-19-21-16(13-4-6-15(26-2)7-5-13)17(27-19)14-8-11-23(25)12-9-14/h4-9,11-12H,3,10H2,1-2H3,(H2,20,21,22,24). The van der Waals surface area contributed by atoms with Gasteiger partial charge in [-0.05, 0) is 30.7 Å². The molecule has 2 aromatic heterocycles. The van der Waals surface area contributed by atoms with Gasteiger partial charge in [0.1, 0.15) is 5.75 Å². The van der Waals surface area contributed by atoms with Crippen LogP contribution in [-0.2, 0) is 0 Å². The van der Waals surface area contributed by atoms with Gasteiger partial charge in [0.25, 0.3) is 0 Å². The molecule has 2 amide bonds. The summed E-state index contributed by atoms with van der Waals surface area (Å²) in [5.41, 5.74) is 2.48. The van der Waals surface area contributed by atoms with Crippen LogP contribution >= 0.6 is 11.3 Å². The van der Waals surface area contributed by atoms with Crippen molar-refractivity contribution in [2.24, 2.45) is 0 Å². The number of nitrogens with one attached hydrogen (secondary N) is 2. The van der Waals surface area contributed by atoms with Gasteiger partial charge in [-0.25, -0.2) is 9.78 Å². The first kappa shape index (κ1) is 18.7. The normalized spacial score (nSPS) is 10.4. The lowest BCUT2D eigenvalue weighted by Crippen LogP contribution is -2.29. The molecular formula is C19H20N4O3S. The van der Waals surface area contributed by atoms with Gasteiger partial charge in [0.15, 0.2) is 17.5 Å². The number of hydrogen-bond donors (Lipinski definition) is 2. The van der Waals surface area contributed by atoms with E-state index >= 15 is 0 Å². The molecule has 0 aliphatic carbocycles. The molecule has 0 aliphatic heterocycles. The molecule has 3 rings (SSSR count). The van der Waals surface area contributed by atoms with E-state index in [0.29, 0.717) is 11.7 Å². The number of rotatable bonds is 6. The second kappa shape index (κ2) is 8.50. The Balaban J connectivity index is 1.98. The maximum Gasteiger partial charge on any atom is 0.321 e. The number of benzene rings is 1. The molecule has 0 radical (unpaired) electrons. The number of hydrogen-bond acceptors (Lipinski definition) is 5. The molecule has 7 nitrogen and oxygen atoms in total. The highest BCUT2D eigenvalue weighted by atomic mass is 32.1. The van der Waals surface area contributed by atoms with E-state index in [1.165, 1.54) is 23.7 Å². The molecule has 0 spiro atoms. The fourth-order valence-electron chi connectivity index (χ4n) is 2.46. The van der Waals surface area contributed by atoms with Gasteiger partial charge in [0.05, 0.1) is 17.7 Å². The second-order valence-electron chi connectivity index (χ2n) is 5.75. The number of pyridine rings is 1. The summed E-state index contributed by atoms with van der Waals surface area (Å²) >= 11 is 1.36. The Morgan fingerprint density at radius 2 is 1.89 bits per heavy atom. The summed E-state index contributed by atoms with van der Waals surface area (Å²) < 4.78 is 5.94. The van der Waals surface area contributed by atoms with E-state index in [9.17, 15) is 10.0 Å². The topological polar surface area (TPSA) is 90.2 Å². The van der Waals surface area contributed by atoms with Gasteiger partial charge in [-0.2, -0.15) is 4.73 Å². The average molecular weight is 384 g/mol. The molecular weight excluding hydrogens is 364 g/mol. The summed E-state index contributed by atoms with van der Waals surface area (Å²) in [4.78, 5) is 17.4. The number of ether oxygens (including phenoxy) is 1. The predicted molar refractivity (Wildman–Crippen MR) is 106 cm³/mol. The quantitative estimate of drug-likeness (QED) is 0.501. The summed E-state index contributed by atoms with van der Waals surface area (Å²) in [6.45, 7) is 2.58. The van der Waals surface area contributed by atoms with Gasteiger partial charge < -0.3 is 15.3 Å². The van der Waals surface area contributed by atoms with Crippen LogP contribution in [-0.4, -0.2) is 24.7 Å². The first-order valence-corrected chi connectivity index (χ1v) is 9.31. The minimum Gasteiger partial charge on any atom is -0.619 e. The number of amides is 2. The Bertz CT molecular complexity index is 908. The van der Waals surface area contributed by atoms with E-state index in [1.807, 2.05) is 31.2 Å². The molecule has 0 unspecified atom stereocenters. The van der Waals surface area contributed by atoms with Crippen molar-refractivity contribution in [2.45, 2.75) is 13.3 Å². The van der Waals surface area contributed by atoms with Crippen LogP contribution in [0, 0.1) is 5.21 Å². The maximum absolute atomic E-state index is 12.0. The average Bonchev–Trinajstić information content (AvgIpc) is 3.10. The second-order valence-corrected chi connectivity index (χ2v) is 6.75. The lowest BCUT2D eigenvalue weighted by Gasteiger charge is -2.04. The van der Waals surface area contributed by atoms with Crippen molar-refractivity contribution in [1.29, 1.82) is 0 Å². The van der Waals surface area contributed by atoms with Crippen molar-refractivity contribution in [3.8, 4) is 27.4 Å². The van der Waals surface area contributed by atoms with E-state index < -0.39 is 0 Å². The van der Waals surface area contributed by atoms with Gasteiger partial charge in [0, 0.05) is 29.8 Å². The minimum absolute atomic E-state index is 0.288. The Morgan fingerprint density at radius 3 is 2.52 bits per heavy atom. The van der Waals surface area contributed by atoms with Crippen LogP contribution < -0.4 is 20.1 Å². The van der Waals surface area contributed by atoms with Crippen molar-refractivity contribution in [2.75, 3.05) is 19.0 Å². The van der Waals surface area contributed by atoms with Crippen LogP contribution in [0.4, 0.5) is 9.93 Å². The van der Waals surface area contributed by atoms with Crippen molar-refractivity contribution < 1.29 is 14.3 Å². The van der Waals surface area contributed by atoms with Crippen LogP contribution in [0.15, 0.2) is 48.8 Å². The van der Waals surface area contributed by atoms with Gasteiger partial charge in [0.2, 0.25) is 0 Å². The minimum atomic E-state index is -0.288. The van der Waals surface area contributed by atoms with Crippen LogP contribution in [0.2, 0.25) is 0 Å². The Morgan fingerprint density at radius 1 is 1.19 bits per heavy atom. The summed E-state index contributed by atoms with van der Waals surface area (Å²) in [6, 6.07) is 10.7. The molecule has 1 aromatic carbocycles. The van der Waals surface area contributed by atoms with Crippen LogP contribution in [0.5, 0.6) is 5.75 Å². The summed E-state index contributed by atoms with van der Waals surface area (Å²) in [5.74, 6) is 0.750. The van der Waals surface area contributed by atoms with Crippen LogP contribution in [0.3, 0.4) is 0 Å². The zero-order chi connectivity index (χ0) is 19.2. The van der Waals surface area contributed by atoms with E-state index in [2.05, 4.69) is 15.6 Å². The first-order valence-electron chi connectivity index (χ1n) is 8.50. The Kier molecular flexibility index (Phi) is 5.87. The summed E-state index contributed by atoms with van der Waals surface area (Å²) in [6.07, 6.45) is 3.73. The molecule has 8 heteroatoms. The van der Waals surface area contributed by atoms with E-state index in [1.54, 1.807) is 19.2 Å². The van der Waals surface area contributed by atoms with E-state index in [-0.39, 0.29) is 6.03 Å². The van der Waals surface area contributed by atoms with Gasteiger partial charge >= 0.3 is 6.03 Å². The third-order valence-electron chi connectivity index (χ3n) is 3.81. The largest absolute Gasteiger partial charge is 0.619 e. The monoisotopic (exact) mass is 384 g/mol. The Labute approximate surface area is 161 Å². The highest BCUT2D eigenvalue weighted by Crippen LogP contribution is 2.39. The van der Waals surface area contributed by atoms with Crippen molar-refractivity contribution in [3.05, 3.63) is 54.0 Å². The molecule has 2 N–H and O–H groups in total. The predicted octanol–water partition coefficient (Wildman–Crippen LogP) is 3.65. The number of carbonyl (C=O) groups excluding carboxylic acids is 1. The molecule has 0 saturated carbocycles. The number of methoxy groups -OCH3 is 1. The van der Waals surface area contributed by atoms with Crippen molar-refractivity contribution in [3.63, 3.8) is 0 Å². The lowest BCUT2D eigenvalue weighted by atomic mass is 10.1. The molecule has 3 aromatic rings. The number of aromatic nitrogens is 2. The fraction of sp³-hybridized carbons (Fsp3) is 0.211. The zero-order valence-electron chi connectivity index (χ0n) is 15.1. The smallest absolute Gasteiger partial charge is 0.321 e. The molecule has 2 heterocycles. The number of anilines is 1. The highest BCUT2D eigenvalue weighted by Gasteiger charge is 2.17. The molecule has 0 aliphatic rings. The van der Waals surface area contributed by atoms with Crippen LogP contribution in [0.1, 0.15) is 13.3 Å². The van der Waals surface area contributed by atoms with E-state index in [0.717, 1.165) is 38.6 Å². The third kappa shape index (κ3) is 4.53. The fourth-order valence-corrected chi connectivity index (χ4v) is 3.45. The maximum atomic E-state index is 12.0. The highest BCUT2D eigenvalue weighted by molar-refractivity contribution is 7.19. The SMILES string of the molecule is CCCNC(=O)Nc1nc(-c2ccc(OC)cc2)c(-c2cc[n+]([O-])cc2)s1. The molecule has 0 bridgehead atoms. The van der Waals surface area contributed by atoms with Gasteiger partial charge in [-0.1, -0.05) is 18.3 Å². The van der Waals surface area contributed by atoms with E-state index in [4.69, 9.17) is 4.74 Å². The van der Waals surface area contributed by atoms with Crippen LogP contribution in [0.25, 0.3) is 21.7 Å². The molecule has 0 saturated heterocycles. The van der Waals surface area contributed by atoms with Crippen molar-refractivity contribution in [1.82, 2.24) is 10.3 Å². The number of carbonyl (C=O) groups is 1. The van der Waals surface area contributed by atoms with Gasteiger partial charge in [-0.3, -0.25) is 5.32 Å². The Hall–Kier alpha value is -3.13. The molecule has 0 atom stereocenters. The molecule has 27 heavy (non-hydrogen) atoms. The molecule has 140 valence electrons. The molecule has 0 fully saturated rings.